The highest BCUT2D eigenvalue weighted by molar-refractivity contribution is 7.92. The number of pyridine rings is 1. The standard InChI is InChI=1S/C12H16N4O2S/c13-10-5-3-6-11-14-15-12(16(10)11)8-9-4-1-2-7-19(9,17)18/h3,5-6,9H,1-2,4,7-8,13H2. The quantitative estimate of drug-likeness (QED) is 0.879. The molecule has 0 bridgehead atoms. The lowest BCUT2D eigenvalue weighted by atomic mass is 10.1. The van der Waals surface area contributed by atoms with Crippen molar-refractivity contribution in [1.82, 2.24) is 14.6 Å². The molecule has 3 rings (SSSR count). The van der Waals surface area contributed by atoms with Gasteiger partial charge in [-0.2, -0.15) is 0 Å². The number of anilines is 1. The molecule has 7 heteroatoms. The van der Waals surface area contributed by atoms with E-state index in [0.717, 1.165) is 12.8 Å². The molecule has 1 saturated heterocycles. The van der Waals surface area contributed by atoms with Gasteiger partial charge in [0.15, 0.2) is 15.5 Å². The number of nitrogens with zero attached hydrogens (tertiary/aromatic N) is 3. The van der Waals surface area contributed by atoms with Crippen molar-refractivity contribution in [2.45, 2.75) is 30.9 Å². The normalized spacial score (nSPS) is 22.6. The van der Waals surface area contributed by atoms with Gasteiger partial charge < -0.3 is 5.73 Å². The lowest BCUT2D eigenvalue weighted by Gasteiger charge is -2.21. The lowest BCUT2D eigenvalue weighted by molar-refractivity contribution is 0.533. The first-order chi connectivity index (χ1) is 9.08. The van der Waals surface area contributed by atoms with E-state index >= 15 is 0 Å². The third-order valence-electron chi connectivity index (χ3n) is 3.65. The average molecular weight is 280 g/mol. The molecular weight excluding hydrogens is 264 g/mol. The van der Waals surface area contributed by atoms with Crippen LogP contribution in [0.3, 0.4) is 0 Å². The largest absolute Gasteiger partial charge is 0.385 e. The van der Waals surface area contributed by atoms with Crippen molar-refractivity contribution in [2.24, 2.45) is 0 Å². The van der Waals surface area contributed by atoms with Crippen LogP contribution in [0.4, 0.5) is 5.82 Å². The van der Waals surface area contributed by atoms with Crippen LogP contribution in [0.25, 0.3) is 5.65 Å². The van der Waals surface area contributed by atoms with E-state index in [0.29, 0.717) is 30.1 Å². The molecule has 19 heavy (non-hydrogen) atoms. The first-order valence-corrected chi connectivity index (χ1v) is 8.09. The van der Waals surface area contributed by atoms with Crippen LogP contribution in [0.15, 0.2) is 18.2 Å². The molecule has 1 aliphatic rings. The van der Waals surface area contributed by atoms with Gasteiger partial charge in [-0.1, -0.05) is 12.5 Å². The highest BCUT2D eigenvalue weighted by Gasteiger charge is 2.30. The monoisotopic (exact) mass is 280 g/mol. The summed E-state index contributed by atoms with van der Waals surface area (Å²) in [5.41, 5.74) is 6.56. The molecule has 102 valence electrons. The first kappa shape index (κ1) is 12.4. The molecule has 0 aliphatic carbocycles. The van der Waals surface area contributed by atoms with Gasteiger partial charge in [-0.25, -0.2) is 8.42 Å². The van der Waals surface area contributed by atoms with Gasteiger partial charge in [0.1, 0.15) is 11.6 Å². The molecule has 2 aromatic heterocycles. The molecule has 1 atom stereocenters. The number of hydrogen-bond donors (Lipinski definition) is 1. The van der Waals surface area contributed by atoms with Crippen molar-refractivity contribution in [3.8, 4) is 0 Å². The summed E-state index contributed by atoms with van der Waals surface area (Å²) in [5, 5.41) is 7.76. The predicted molar refractivity (Wildman–Crippen MR) is 72.5 cm³/mol. The Balaban J connectivity index is 1.97. The van der Waals surface area contributed by atoms with E-state index in [9.17, 15) is 8.42 Å². The summed E-state index contributed by atoms with van der Waals surface area (Å²) in [6.45, 7) is 0. The third kappa shape index (κ3) is 2.18. The van der Waals surface area contributed by atoms with E-state index in [1.165, 1.54) is 0 Å². The topological polar surface area (TPSA) is 90.3 Å². The second-order valence-electron chi connectivity index (χ2n) is 4.95. The first-order valence-electron chi connectivity index (χ1n) is 6.38. The SMILES string of the molecule is Nc1cccc2nnc(CC3CCCCS3(=O)=O)n12. The van der Waals surface area contributed by atoms with Crippen LogP contribution < -0.4 is 5.73 Å². The second-order valence-corrected chi connectivity index (χ2v) is 7.35. The van der Waals surface area contributed by atoms with Crippen molar-refractivity contribution in [1.29, 1.82) is 0 Å². The van der Waals surface area contributed by atoms with E-state index in [4.69, 9.17) is 5.73 Å². The van der Waals surface area contributed by atoms with Crippen molar-refractivity contribution in [3.63, 3.8) is 0 Å². The highest BCUT2D eigenvalue weighted by atomic mass is 32.2. The summed E-state index contributed by atoms with van der Waals surface area (Å²) >= 11 is 0. The predicted octanol–water partition coefficient (Wildman–Crippen LogP) is 0.821. The number of hydrogen-bond acceptors (Lipinski definition) is 5. The van der Waals surface area contributed by atoms with Gasteiger partial charge >= 0.3 is 0 Å². The molecule has 0 spiro atoms. The summed E-state index contributed by atoms with van der Waals surface area (Å²) in [6.07, 6.45) is 2.80. The Morgan fingerprint density at radius 3 is 2.95 bits per heavy atom. The van der Waals surface area contributed by atoms with Gasteiger partial charge in [0, 0.05) is 6.42 Å². The average Bonchev–Trinajstić information content (AvgIpc) is 2.77. The van der Waals surface area contributed by atoms with E-state index in [1.807, 2.05) is 6.07 Å². The molecule has 0 radical (unpaired) electrons. The molecule has 1 unspecified atom stereocenters. The number of aromatic nitrogens is 3. The second kappa shape index (κ2) is 4.48. The fourth-order valence-corrected chi connectivity index (χ4v) is 4.48. The van der Waals surface area contributed by atoms with Crippen LogP contribution in [0.2, 0.25) is 0 Å². The molecule has 1 aliphatic heterocycles. The number of sulfone groups is 1. The maximum Gasteiger partial charge on any atom is 0.162 e. The van der Waals surface area contributed by atoms with Gasteiger partial charge in [-0.15, -0.1) is 10.2 Å². The molecule has 0 saturated carbocycles. The minimum atomic E-state index is -3.00. The van der Waals surface area contributed by atoms with Crippen LogP contribution in [0, 0.1) is 0 Å². The van der Waals surface area contributed by atoms with Gasteiger partial charge in [0.25, 0.3) is 0 Å². The summed E-state index contributed by atoms with van der Waals surface area (Å²) in [4.78, 5) is 0. The fourth-order valence-electron chi connectivity index (χ4n) is 2.61. The molecular formula is C12H16N4O2S. The van der Waals surface area contributed by atoms with Gasteiger partial charge in [0.2, 0.25) is 0 Å². The third-order valence-corrected chi connectivity index (χ3v) is 5.92. The highest BCUT2D eigenvalue weighted by Crippen LogP contribution is 2.23. The molecule has 0 aromatic carbocycles. The maximum atomic E-state index is 12.0. The molecule has 0 amide bonds. The van der Waals surface area contributed by atoms with Crippen LogP contribution in [0.1, 0.15) is 25.1 Å². The van der Waals surface area contributed by atoms with Crippen molar-refractivity contribution >= 4 is 21.3 Å². The minimum Gasteiger partial charge on any atom is -0.385 e. The Kier molecular flexibility index (Phi) is 2.93. The van der Waals surface area contributed by atoms with E-state index < -0.39 is 9.84 Å². The Hall–Kier alpha value is -1.63. The zero-order chi connectivity index (χ0) is 13.5. The Bertz CT molecular complexity index is 708. The van der Waals surface area contributed by atoms with Crippen LogP contribution in [-0.4, -0.2) is 34.0 Å². The number of nitrogens with two attached hydrogens (primary N) is 1. The Morgan fingerprint density at radius 1 is 1.32 bits per heavy atom. The van der Waals surface area contributed by atoms with Crippen LogP contribution in [0.5, 0.6) is 0 Å². The zero-order valence-corrected chi connectivity index (χ0v) is 11.3. The van der Waals surface area contributed by atoms with E-state index in [2.05, 4.69) is 10.2 Å². The number of fused-ring (bicyclic) bond motifs is 1. The fraction of sp³-hybridized carbons (Fsp3) is 0.500. The minimum absolute atomic E-state index is 0.282. The Labute approximate surface area is 111 Å². The molecule has 2 aromatic rings. The van der Waals surface area contributed by atoms with Gasteiger partial charge in [-0.05, 0) is 25.0 Å². The van der Waals surface area contributed by atoms with E-state index in [-0.39, 0.29) is 11.0 Å². The van der Waals surface area contributed by atoms with E-state index in [1.54, 1.807) is 16.5 Å². The maximum absolute atomic E-state index is 12.0. The van der Waals surface area contributed by atoms with Gasteiger partial charge in [-0.3, -0.25) is 4.40 Å². The van der Waals surface area contributed by atoms with Crippen LogP contribution in [-0.2, 0) is 16.3 Å². The molecule has 2 N–H and O–H groups in total. The van der Waals surface area contributed by atoms with Gasteiger partial charge in [0.05, 0.1) is 11.0 Å². The molecule has 6 nitrogen and oxygen atoms in total. The molecule has 1 fully saturated rings. The number of rotatable bonds is 2. The smallest absolute Gasteiger partial charge is 0.162 e. The summed E-state index contributed by atoms with van der Waals surface area (Å²) < 4.78 is 25.8. The summed E-state index contributed by atoms with van der Waals surface area (Å²) in [7, 11) is -3.00. The summed E-state index contributed by atoms with van der Waals surface area (Å²) in [6, 6.07) is 5.37. The van der Waals surface area contributed by atoms with Crippen molar-refractivity contribution in [3.05, 3.63) is 24.0 Å². The number of nitrogen functional groups attached to an aromatic ring is 1. The lowest BCUT2D eigenvalue weighted by Crippen LogP contribution is -2.31. The zero-order valence-electron chi connectivity index (χ0n) is 10.5. The van der Waals surface area contributed by atoms with Crippen molar-refractivity contribution < 1.29 is 8.42 Å². The summed E-state index contributed by atoms with van der Waals surface area (Å²) in [5.74, 6) is 1.44. The Morgan fingerprint density at radius 2 is 2.16 bits per heavy atom. The van der Waals surface area contributed by atoms with Crippen LogP contribution >= 0.6 is 0 Å². The van der Waals surface area contributed by atoms with Crippen molar-refractivity contribution in [2.75, 3.05) is 11.5 Å². The molecule has 3 heterocycles.